The number of aliphatic hydroxyl groups excluding tert-OH is 2. The first-order valence-electron chi connectivity index (χ1n) is 31.3. The van der Waals surface area contributed by atoms with Gasteiger partial charge in [0, 0.05) is 12.8 Å². The van der Waals surface area contributed by atoms with Crippen LogP contribution in [0.1, 0.15) is 335 Å². The summed E-state index contributed by atoms with van der Waals surface area (Å²) in [6, 6.07) is -0.632. The molecule has 0 fully saturated rings. The van der Waals surface area contributed by atoms with Crippen LogP contribution in [0, 0.1) is 0 Å². The third kappa shape index (κ3) is 55.4. The summed E-state index contributed by atoms with van der Waals surface area (Å²) in [4.78, 5) is 24.5. The lowest BCUT2D eigenvalue weighted by Gasteiger charge is -2.20. The molecule has 2 unspecified atom stereocenters. The van der Waals surface area contributed by atoms with Crippen LogP contribution in [0.4, 0.5) is 0 Å². The molecule has 0 heterocycles. The molecule has 0 saturated carbocycles. The molecule has 0 aliphatic carbocycles. The van der Waals surface area contributed by atoms with Crippen molar-refractivity contribution in [2.45, 2.75) is 347 Å². The second-order valence-electron chi connectivity index (χ2n) is 21.4. The second-order valence-corrected chi connectivity index (χ2v) is 21.4. The number of aliphatic hydroxyl groups is 2. The molecule has 0 spiro atoms. The topological polar surface area (TPSA) is 95.9 Å². The van der Waals surface area contributed by atoms with E-state index in [1.165, 1.54) is 263 Å². The predicted octanol–water partition coefficient (Wildman–Crippen LogP) is 19.6. The highest BCUT2D eigenvalue weighted by molar-refractivity contribution is 5.76. The van der Waals surface area contributed by atoms with Crippen molar-refractivity contribution in [3.05, 3.63) is 36.5 Å². The lowest BCUT2D eigenvalue weighted by Crippen LogP contribution is -2.45. The Hall–Kier alpha value is -1.92. The zero-order valence-corrected chi connectivity index (χ0v) is 47.0. The lowest BCUT2D eigenvalue weighted by atomic mass is 10.0. The number of unbranched alkanes of at least 4 members (excludes halogenated alkanes) is 43. The second kappa shape index (κ2) is 59.6. The highest BCUT2D eigenvalue weighted by Crippen LogP contribution is 2.17. The van der Waals surface area contributed by atoms with Gasteiger partial charge in [0.15, 0.2) is 0 Å². The van der Waals surface area contributed by atoms with Crippen molar-refractivity contribution < 1.29 is 24.5 Å². The van der Waals surface area contributed by atoms with E-state index in [1.807, 2.05) is 6.08 Å². The normalized spacial score (nSPS) is 12.8. The summed E-state index contributed by atoms with van der Waals surface area (Å²) in [5.41, 5.74) is 0. The number of rotatable bonds is 58. The molecule has 0 aromatic heterocycles. The number of nitrogens with one attached hydrogen (secondary N) is 1. The van der Waals surface area contributed by atoms with E-state index in [0.717, 1.165) is 44.9 Å². The molecule has 0 rings (SSSR count). The number of esters is 1. The van der Waals surface area contributed by atoms with E-state index in [4.69, 9.17) is 4.74 Å². The molecule has 0 saturated heterocycles. The van der Waals surface area contributed by atoms with Crippen molar-refractivity contribution in [3.63, 3.8) is 0 Å². The Morgan fingerprint density at radius 1 is 0.400 bits per heavy atom. The zero-order chi connectivity index (χ0) is 50.7. The summed E-state index contributed by atoms with van der Waals surface area (Å²) in [6.45, 7) is 4.91. The summed E-state index contributed by atoms with van der Waals surface area (Å²) in [5.74, 6) is -0.0624. The maximum atomic E-state index is 12.4. The highest BCUT2D eigenvalue weighted by Gasteiger charge is 2.18. The summed E-state index contributed by atoms with van der Waals surface area (Å²) in [7, 11) is 0. The van der Waals surface area contributed by atoms with Gasteiger partial charge in [-0.25, -0.2) is 0 Å². The fourth-order valence-electron chi connectivity index (χ4n) is 9.61. The molecule has 0 bridgehead atoms. The van der Waals surface area contributed by atoms with Gasteiger partial charge in [0.25, 0.3) is 0 Å². The van der Waals surface area contributed by atoms with Crippen molar-refractivity contribution in [1.29, 1.82) is 0 Å². The molecule has 3 N–H and O–H groups in total. The van der Waals surface area contributed by atoms with Crippen LogP contribution in [0.2, 0.25) is 0 Å². The van der Waals surface area contributed by atoms with Gasteiger partial charge in [-0.1, -0.05) is 294 Å². The van der Waals surface area contributed by atoms with Gasteiger partial charge < -0.3 is 20.3 Å². The number of amides is 1. The molecule has 2 atom stereocenters. The van der Waals surface area contributed by atoms with Crippen LogP contribution in [-0.4, -0.2) is 47.4 Å². The Morgan fingerprint density at radius 2 is 0.714 bits per heavy atom. The van der Waals surface area contributed by atoms with E-state index < -0.39 is 12.1 Å². The molecule has 412 valence electrons. The first-order valence-corrected chi connectivity index (χ1v) is 31.3. The highest BCUT2D eigenvalue weighted by atomic mass is 16.5. The van der Waals surface area contributed by atoms with Gasteiger partial charge in [-0.3, -0.25) is 9.59 Å². The first-order chi connectivity index (χ1) is 34.5. The Morgan fingerprint density at radius 3 is 1.09 bits per heavy atom. The van der Waals surface area contributed by atoms with Crippen LogP contribution in [-0.2, 0) is 14.3 Å². The minimum atomic E-state index is -0.848. The molecule has 0 radical (unpaired) electrons. The third-order valence-electron chi connectivity index (χ3n) is 14.4. The van der Waals surface area contributed by atoms with Crippen LogP contribution < -0.4 is 5.32 Å². The molecule has 0 aromatic carbocycles. The minimum Gasteiger partial charge on any atom is -0.466 e. The standard InChI is InChI=1S/C64H121NO5/c1-3-5-7-9-11-13-15-17-29-34-38-42-46-50-54-58-64(69)70-59-55-51-47-43-39-35-31-28-26-24-22-20-18-19-21-23-25-27-30-33-37-41-45-49-53-57-63(68)65-61(60-66)62(67)56-52-48-44-40-36-32-16-14-12-10-8-6-4-2/h19-22,52,56,61-62,66-67H,3-18,23-51,53-55,57-60H2,1-2H3,(H,65,68)/b21-19-,22-20-,56-52+. The Bertz CT molecular complexity index is 1130. The van der Waals surface area contributed by atoms with Gasteiger partial charge in [-0.15, -0.1) is 0 Å². The SMILES string of the molecule is CCCCCCCCCCCCC/C=C/C(O)C(CO)NC(=O)CCCCCCCCCCC/C=C\C/C=C\CCCCCCCCCCCOC(=O)CCCCCCCCCCCCCCCCC. The molecular weight excluding hydrogens is 863 g/mol. The molecule has 6 heteroatoms. The fraction of sp³-hybridized carbons (Fsp3) is 0.875. The van der Waals surface area contributed by atoms with Gasteiger partial charge in [0.1, 0.15) is 0 Å². The molecule has 0 aliphatic heterocycles. The number of hydrogen-bond acceptors (Lipinski definition) is 5. The Labute approximate surface area is 436 Å². The van der Waals surface area contributed by atoms with Crippen molar-refractivity contribution >= 4 is 11.9 Å². The van der Waals surface area contributed by atoms with Crippen molar-refractivity contribution in [2.75, 3.05) is 13.2 Å². The van der Waals surface area contributed by atoms with E-state index in [2.05, 4.69) is 43.5 Å². The number of allylic oxidation sites excluding steroid dienone is 5. The zero-order valence-electron chi connectivity index (χ0n) is 47.0. The van der Waals surface area contributed by atoms with Gasteiger partial charge in [0.2, 0.25) is 5.91 Å². The molecule has 0 aromatic rings. The van der Waals surface area contributed by atoms with Gasteiger partial charge in [0.05, 0.1) is 25.4 Å². The van der Waals surface area contributed by atoms with Crippen LogP contribution >= 0.6 is 0 Å². The number of carbonyl (C=O) groups is 2. The predicted molar refractivity (Wildman–Crippen MR) is 306 cm³/mol. The van der Waals surface area contributed by atoms with Gasteiger partial charge in [-0.2, -0.15) is 0 Å². The van der Waals surface area contributed by atoms with Crippen LogP contribution in [0.3, 0.4) is 0 Å². The van der Waals surface area contributed by atoms with E-state index >= 15 is 0 Å². The average molecular weight is 985 g/mol. The van der Waals surface area contributed by atoms with Gasteiger partial charge in [-0.05, 0) is 64.2 Å². The summed E-state index contributed by atoms with van der Waals surface area (Å²) in [5, 5.41) is 23.1. The molecular formula is C64H121NO5. The molecule has 1 amide bonds. The molecule has 6 nitrogen and oxygen atoms in total. The number of hydrogen-bond donors (Lipinski definition) is 3. The van der Waals surface area contributed by atoms with E-state index in [-0.39, 0.29) is 18.5 Å². The molecule has 0 aliphatic rings. The number of carbonyl (C=O) groups excluding carboxylic acids is 2. The summed E-state index contributed by atoms with van der Waals surface area (Å²) in [6.07, 6.45) is 74.7. The number of ether oxygens (including phenoxy) is 1. The quantitative estimate of drug-likeness (QED) is 0.0321. The van der Waals surface area contributed by atoms with E-state index in [0.29, 0.717) is 19.4 Å². The lowest BCUT2D eigenvalue weighted by molar-refractivity contribution is -0.143. The maximum Gasteiger partial charge on any atom is 0.305 e. The summed E-state index contributed by atoms with van der Waals surface area (Å²) >= 11 is 0. The van der Waals surface area contributed by atoms with Gasteiger partial charge >= 0.3 is 5.97 Å². The van der Waals surface area contributed by atoms with Crippen LogP contribution in [0.5, 0.6) is 0 Å². The smallest absolute Gasteiger partial charge is 0.305 e. The van der Waals surface area contributed by atoms with Crippen LogP contribution in [0.25, 0.3) is 0 Å². The van der Waals surface area contributed by atoms with Crippen molar-refractivity contribution in [1.82, 2.24) is 5.32 Å². The monoisotopic (exact) mass is 984 g/mol. The fourth-order valence-corrected chi connectivity index (χ4v) is 9.61. The van der Waals surface area contributed by atoms with Crippen LogP contribution in [0.15, 0.2) is 36.5 Å². The van der Waals surface area contributed by atoms with Crippen molar-refractivity contribution in [2.24, 2.45) is 0 Å². The molecule has 70 heavy (non-hydrogen) atoms. The Balaban J connectivity index is 3.43. The first kappa shape index (κ1) is 68.1. The van der Waals surface area contributed by atoms with Crippen molar-refractivity contribution in [3.8, 4) is 0 Å². The average Bonchev–Trinajstić information content (AvgIpc) is 3.36. The minimum absolute atomic E-state index is 0.0114. The third-order valence-corrected chi connectivity index (χ3v) is 14.4. The maximum absolute atomic E-state index is 12.4. The Kier molecular flexibility index (Phi) is 58.0. The van der Waals surface area contributed by atoms with E-state index in [1.54, 1.807) is 6.08 Å². The largest absolute Gasteiger partial charge is 0.466 e. The summed E-state index contributed by atoms with van der Waals surface area (Å²) < 4.78 is 5.49. The van der Waals surface area contributed by atoms with E-state index in [9.17, 15) is 19.8 Å².